The van der Waals surface area contributed by atoms with Crippen molar-refractivity contribution in [1.29, 1.82) is 0 Å². The number of anilines is 1. The molecule has 0 saturated heterocycles. The zero-order chi connectivity index (χ0) is 18.7. The number of benzene rings is 1. The van der Waals surface area contributed by atoms with Crippen LogP contribution in [0.1, 0.15) is 28.5 Å². The molecular formula is C18H17F3N2O3. The molecule has 0 unspecified atom stereocenters. The van der Waals surface area contributed by atoms with Crippen LogP contribution in [0.2, 0.25) is 0 Å². The zero-order valence-corrected chi connectivity index (χ0v) is 14.0. The maximum absolute atomic E-state index is 12.4. The predicted molar refractivity (Wildman–Crippen MR) is 88.1 cm³/mol. The predicted octanol–water partition coefficient (Wildman–Crippen LogP) is 3.72. The van der Waals surface area contributed by atoms with Gasteiger partial charge in [0.1, 0.15) is 11.4 Å². The molecule has 0 saturated carbocycles. The van der Waals surface area contributed by atoms with Crippen LogP contribution < -0.4 is 9.64 Å². The highest BCUT2D eigenvalue weighted by molar-refractivity contribution is 5.87. The van der Waals surface area contributed by atoms with Crippen molar-refractivity contribution in [3.05, 3.63) is 53.3 Å². The highest BCUT2D eigenvalue weighted by Gasteiger charge is 2.31. The lowest BCUT2D eigenvalue weighted by Gasteiger charge is -2.31. The van der Waals surface area contributed by atoms with Gasteiger partial charge < -0.3 is 14.4 Å². The first-order valence-corrected chi connectivity index (χ1v) is 8.11. The fraction of sp³-hybridized carbons (Fsp3) is 0.333. The van der Waals surface area contributed by atoms with Crippen LogP contribution in [0.4, 0.5) is 18.9 Å². The van der Waals surface area contributed by atoms with E-state index >= 15 is 0 Å². The first kappa shape index (κ1) is 18.0. The van der Waals surface area contributed by atoms with Crippen LogP contribution in [0.25, 0.3) is 0 Å². The third kappa shape index (κ3) is 4.25. The largest absolute Gasteiger partial charge is 0.573 e. The number of aromatic nitrogens is 1. The molecule has 1 aliphatic rings. The Morgan fingerprint density at radius 3 is 2.81 bits per heavy atom. The number of pyridine rings is 1. The second kappa shape index (κ2) is 7.23. The van der Waals surface area contributed by atoms with Crippen LogP contribution in [0.15, 0.2) is 36.5 Å². The van der Waals surface area contributed by atoms with Crippen molar-refractivity contribution in [1.82, 2.24) is 4.98 Å². The number of esters is 1. The summed E-state index contributed by atoms with van der Waals surface area (Å²) in [6.07, 6.45) is -2.46. The molecule has 0 atom stereocenters. The van der Waals surface area contributed by atoms with Gasteiger partial charge in [-0.1, -0.05) is 6.07 Å². The maximum Gasteiger partial charge on any atom is 0.573 e. The van der Waals surface area contributed by atoms with E-state index in [1.807, 2.05) is 4.90 Å². The minimum absolute atomic E-state index is 0.253. The fourth-order valence-electron chi connectivity index (χ4n) is 2.85. The van der Waals surface area contributed by atoms with Crippen LogP contribution in [-0.2, 0) is 17.7 Å². The summed E-state index contributed by atoms with van der Waals surface area (Å²) in [4.78, 5) is 17.8. The number of halogens is 3. The first-order chi connectivity index (χ1) is 12.4. The Bertz CT molecular complexity index is 809. The fourth-order valence-corrected chi connectivity index (χ4v) is 2.85. The summed E-state index contributed by atoms with van der Waals surface area (Å²) in [6, 6.07) is 7.59. The molecule has 0 bridgehead atoms. The molecule has 5 nitrogen and oxygen atoms in total. The Labute approximate surface area is 148 Å². The van der Waals surface area contributed by atoms with Crippen molar-refractivity contribution in [3.8, 4) is 5.75 Å². The highest BCUT2D eigenvalue weighted by Crippen LogP contribution is 2.29. The summed E-state index contributed by atoms with van der Waals surface area (Å²) in [6.45, 7) is 3.10. The molecule has 0 aliphatic carbocycles. The molecule has 1 aromatic heterocycles. The van der Waals surface area contributed by atoms with Gasteiger partial charge in [-0.05, 0) is 42.7 Å². The van der Waals surface area contributed by atoms with Gasteiger partial charge in [0.25, 0.3) is 0 Å². The zero-order valence-electron chi connectivity index (χ0n) is 14.0. The number of alkyl halides is 3. The van der Waals surface area contributed by atoms with Crippen molar-refractivity contribution < 1.29 is 27.4 Å². The molecule has 2 heterocycles. The number of fused-ring (bicyclic) bond motifs is 1. The van der Waals surface area contributed by atoms with E-state index in [9.17, 15) is 18.0 Å². The van der Waals surface area contributed by atoms with Gasteiger partial charge >= 0.3 is 12.3 Å². The number of rotatable bonds is 4. The molecule has 0 spiro atoms. The van der Waals surface area contributed by atoms with E-state index in [0.29, 0.717) is 25.2 Å². The molecule has 3 rings (SSSR count). The molecular weight excluding hydrogens is 349 g/mol. The molecule has 8 heteroatoms. The number of carbonyl (C=O) groups excluding carboxylic acids is 1. The second-order valence-corrected chi connectivity index (χ2v) is 5.78. The van der Waals surface area contributed by atoms with Crippen LogP contribution in [0.3, 0.4) is 0 Å². The van der Waals surface area contributed by atoms with Crippen LogP contribution in [0.5, 0.6) is 5.75 Å². The molecule has 138 valence electrons. The molecule has 26 heavy (non-hydrogen) atoms. The van der Waals surface area contributed by atoms with Gasteiger partial charge in [0.05, 0.1) is 6.61 Å². The number of nitrogens with zero attached hydrogens (tertiary/aromatic N) is 2. The van der Waals surface area contributed by atoms with Crippen molar-refractivity contribution >= 4 is 11.7 Å². The lowest BCUT2D eigenvalue weighted by Crippen LogP contribution is -2.31. The van der Waals surface area contributed by atoms with Gasteiger partial charge in [-0.15, -0.1) is 13.2 Å². The highest BCUT2D eigenvalue weighted by atomic mass is 19.4. The average Bonchev–Trinajstić information content (AvgIpc) is 2.60. The smallest absolute Gasteiger partial charge is 0.461 e. The topological polar surface area (TPSA) is 51.7 Å². The Morgan fingerprint density at radius 1 is 1.27 bits per heavy atom. The van der Waals surface area contributed by atoms with Gasteiger partial charge in [-0.3, -0.25) is 0 Å². The van der Waals surface area contributed by atoms with Gasteiger partial charge in [0.15, 0.2) is 0 Å². The van der Waals surface area contributed by atoms with Crippen LogP contribution in [-0.4, -0.2) is 30.5 Å². The summed E-state index contributed by atoms with van der Waals surface area (Å²) in [5, 5.41) is 0. The summed E-state index contributed by atoms with van der Waals surface area (Å²) in [5.74, 6) is -0.716. The SMILES string of the molecule is CCOC(=O)c1cc2c(cn1)CN(c1cccc(OC(F)(F)F)c1)CC2. The summed E-state index contributed by atoms with van der Waals surface area (Å²) in [7, 11) is 0. The van der Waals surface area contributed by atoms with E-state index in [1.54, 1.807) is 25.3 Å². The van der Waals surface area contributed by atoms with E-state index in [0.717, 1.165) is 11.1 Å². The van der Waals surface area contributed by atoms with E-state index < -0.39 is 12.3 Å². The van der Waals surface area contributed by atoms with Gasteiger partial charge in [0.2, 0.25) is 0 Å². The quantitative estimate of drug-likeness (QED) is 0.772. The standard InChI is InChI=1S/C18H17F3N2O3/c1-2-25-17(24)16-8-12-6-7-23(11-13(12)10-22-16)14-4-3-5-15(9-14)26-18(19,20)21/h3-5,8-10H,2,6-7,11H2,1H3. The minimum Gasteiger partial charge on any atom is -0.461 e. The van der Waals surface area contributed by atoms with E-state index in [1.165, 1.54) is 18.2 Å². The molecule has 1 aliphatic heterocycles. The Balaban J connectivity index is 1.76. The van der Waals surface area contributed by atoms with Gasteiger partial charge in [-0.2, -0.15) is 0 Å². The van der Waals surface area contributed by atoms with Crippen molar-refractivity contribution in [2.75, 3.05) is 18.1 Å². The lowest BCUT2D eigenvalue weighted by atomic mass is 10.0. The lowest BCUT2D eigenvalue weighted by molar-refractivity contribution is -0.274. The second-order valence-electron chi connectivity index (χ2n) is 5.78. The molecule has 0 N–H and O–H groups in total. The van der Waals surface area contributed by atoms with E-state index in [4.69, 9.17) is 4.74 Å². The summed E-state index contributed by atoms with van der Waals surface area (Å²) < 4.78 is 46.1. The van der Waals surface area contributed by atoms with Crippen molar-refractivity contribution in [3.63, 3.8) is 0 Å². The Hall–Kier alpha value is -2.77. The Kier molecular flexibility index (Phi) is 5.01. The third-order valence-corrected chi connectivity index (χ3v) is 4.00. The first-order valence-electron chi connectivity index (χ1n) is 8.11. The molecule has 1 aromatic carbocycles. The van der Waals surface area contributed by atoms with Crippen LogP contribution >= 0.6 is 0 Å². The number of ether oxygens (including phenoxy) is 2. The third-order valence-electron chi connectivity index (χ3n) is 4.00. The van der Waals surface area contributed by atoms with E-state index in [2.05, 4.69) is 9.72 Å². The summed E-state index contributed by atoms with van der Waals surface area (Å²) in [5.41, 5.74) is 2.81. The van der Waals surface area contributed by atoms with Gasteiger partial charge in [0, 0.05) is 31.0 Å². The monoisotopic (exact) mass is 366 g/mol. The normalized spacial score (nSPS) is 13.9. The van der Waals surface area contributed by atoms with Crippen molar-refractivity contribution in [2.45, 2.75) is 26.3 Å². The van der Waals surface area contributed by atoms with Crippen molar-refractivity contribution in [2.24, 2.45) is 0 Å². The van der Waals surface area contributed by atoms with E-state index in [-0.39, 0.29) is 18.1 Å². The molecule has 0 radical (unpaired) electrons. The average molecular weight is 366 g/mol. The molecule has 0 fully saturated rings. The maximum atomic E-state index is 12.4. The minimum atomic E-state index is -4.72. The Morgan fingerprint density at radius 2 is 2.08 bits per heavy atom. The number of carbonyl (C=O) groups is 1. The molecule has 0 amide bonds. The van der Waals surface area contributed by atoms with Crippen LogP contribution in [0, 0.1) is 0 Å². The molecule has 2 aromatic rings. The summed E-state index contributed by atoms with van der Waals surface area (Å²) >= 11 is 0. The number of hydrogen-bond acceptors (Lipinski definition) is 5. The van der Waals surface area contributed by atoms with Gasteiger partial charge in [-0.25, -0.2) is 9.78 Å². The number of hydrogen-bond donors (Lipinski definition) is 0.